The molecule has 0 saturated carbocycles. The molecule has 0 bridgehead atoms. The highest BCUT2D eigenvalue weighted by molar-refractivity contribution is 6.39. The van der Waals surface area contributed by atoms with Crippen LogP contribution in [-0.2, 0) is 20.9 Å². The molecule has 0 aliphatic carbocycles. The van der Waals surface area contributed by atoms with Gasteiger partial charge in [-0.2, -0.15) is 0 Å². The van der Waals surface area contributed by atoms with Crippen molar-refractivity contribution >= 4 is 28.4 Å². The monoisotopic (exact) mass is 427 g/mol. The van der Waals surface area contributed by atoms with Crippen LogP contribution in [-0.4, -0.2) is 42.3 Å². The number of carbonyl (C=O) groups is 2. The van der Waals surface area contributed by atoms with Crippen molar-refractivity contribution in [3.05, 3.63) is 65.6 Å². The third kappa shape index (κ3) is 4.69. The van der Waals surface area contributed by atoms with Gasteiger partial charge in [0.25, 0.3) is 5.78 Å². The van der Waals surface area contributed by atoms with Crippen LogP contribution in [0.3, 0.4) is 0 Å². The van der Waals surface area contributed by atoms with Crippen LogP contribution >= 0.6 is 0 Å². The Bertz CT molecular complexity index is 1150. The Labute approximate surface area is 178 Å². The maximum atomic E-state index is 13.3. The van der Waals surface area contributed by atoms with Crippen molar-refractivity contribution in [1.29, 1.82) is 0 Å². The van der Waals surface area contributed by atoms with Gasteiger partial charge in [0.05, 0.1) is 26.3 Å². The summed E-state index contributed by atoms with van der Waals surface area (Å²) in [4.78, 5) is 23.7. The molecule has 0 aliphatic rings. The van der Waals surface area contributed by atoms with Crippen LogP contribution in [0.1, 0.15) is 18.1 Å². The lowest BCUT2D eigenvalue weighted by atomic mass is 10.1. The molecule has 162 valence electrons. The summed E-state index contributed by atoms with van der Waals surface area (Å²) in [7, 11) is 3.00. The number of ketones is 1. The molecule has 0 fully saturated rings. The molecule has 31 heavy (non-hydrogen) atoms. The first kappa shape index (κ1) is 21.9. The van der Waals surface area contributed by atoms with Crippen LogP contribution in [0.15, 0.2) is 48.7 Å². The number of carbonyl (C=O) groups excluding carboxylic acids is 2. The summed E-state index contributed by atoms with van der Waals surface area (Å²) in [5.74, 6) is -1.83. The van der Waals surface area contributed by atoms with Crippen LogP contribution in [0.25, 0.3) is 16.7 Å². The van der Waals surface area contributed by atoms with Crippen molar-refractivity contribution in [2.75, 3.05) is 20.8 Å². The Morgan fingerprint density at radius 3 is 2.45 bits per heavy atom. The summed E-state index contributed by atoms with van der Waals surface area (Å²) in [5.41, 5.74) is 1.74. The molecule has 1 aromatic heterocycles. The number of methoxy groups -OCH3 is 2. The van der Waals surface area contributed by atoms with E-state index in [4.69, 9.17) is 9.47 Å². The summed E-state index contributed by atoms with van der Waals surface area (Å²) in [5, 5.41) is 11.2. The number of aliphatic hydroxyl groups excluding tert-OH is 1. The second-order valence-corrected chi connectivity index (χ2v) is 6.64. The molecule has 7 nitrogen and oxygen atoms in total. The van der Waals surface area contributed by atoms with Gasteiger partial charge in [0.15, 0.2) is 0 Å². The highest BCUT2D eigenvalue weighted by atomic mass is 19.1. The van der Waals surface area contributed by atoms with Crippen molar-refractivity contribution in [3.8, 4) is 11.5 Å². The number of fused-ring (bicyclic) bond motifs is 1. The van der Waals surface area contributed by atoms with Gasteiger partial charge in [0, 0.05) is 35.8 Å². The van der Waals surface area contributed by atoms with Crippen molar-refractivity contribution in [1.82, 2.24) is 4.57 Å². The second kappa shape index (κ2) is 9.34. The van der Waals surface area contributed by atoms with E-state index in [1.807, 2.05) is 0 Å². The SMILES string of the molecule is CCOC(=O)C(=O)/C=C(/O)c1cn(Cc2ccc(F)cc2)c2c(OC)cc(OC)cc12. The smallest absolute Gasteiger partial charge is 0.379 e. The van der Waals surface area contributed by atoms with Gasteiger partial charge in [-0.3, -0.25) is 4.79 Å². The number of esters is 1. The third-order valence-corrected chi connectivity index (χ3v) is 4.65. The van der Waals surface area contributed by atoms with Crippen molar-refractivity contribution < 1.29 is 33.3 Å². The Balaban J connectivity index is 2.15. The molecule has 0 saturated heterocycles. The van der Waals surface area contributed by atoms with E-state index in [0.717, 1.165) is 11.6 Å². The first-order valence-electron chi connectivity index (χ1n) is 9.49. The molecular formula is C23H22FNO6. The lowest BCUT2D eigenvalue weighted by molar-refractivity contribution is -0.151. The van der Waals surface area contributed by atoms with Crippen molar-refractivity contribution in [2.45, 2.75) is 13.5 Å². The molecule has 0 spiro atoms. The standard InChI is InChI=1S/C23H22FNO6/c1-4-31-23(28)20(27)11-19(26)18-13-25(12-14-5-7-15(24)8-6-14)22-17(18)9-16(29-2)10-21(22)30-3/h5-11,13,26H,4,12H2,1-3H3/b19-11+. The largest absolute Gasteiger partial charge is 0.507 e. The number of halogens is 1. The molecule has 0 aliphatic heterocycles. The predicted molar refractivity (Wildman–Crippen MR) is 113 cm³/mol. The Kier molecular flexibility index (Phi) is 6.59. The first-order chi connectivity index (χ1) is 14.9. The normalized spacial score (nSPS) is 11.4. The topological polar surface area (TPSA) is 87.0 Å². The van der Waals surface area contributed by atoms with E-state index in [1.54, 1.807) is 42.0 Å². The number of hydrogen-bond donors (Lipinski definition) is 1. The number of benzene rings is 2. The Morgan fingerprint density at radius 1 is 1.13 bits per heavy atom. The zero-order valence-electron chi connectivity index (χ0n) is 17.3. The van der Waals surface area contributed by atoms with E-state index in [2.05, 4.69) is 4.74 Å². The molecule has 1 N–H and O–H groups in total. The molecule has 0 atom stereocenters. The van der Waals surface area contributed by atoms with Crippen LogP contribution in [0.2, 0.25) is 0 Å². The minimum absolute atomic E-state index is 0.0462. The molecule has 0 radical (unpaired) electrons. The average molecular weight is 427 g/mol. The molecular weight excluding hydrogens is 405 g/mol. The minimum Gasteiger partial charge on any atom is -0.507 e. The molecule has 3 aromatic rings. The highest BCUT2D eigenvalue weighted by Gasteiger charge is 2.20. The van der Waals surface area contributed by atoms with Gasteiger partial charge < -0.3 is 23.9 Å². The fourth-order valence-corrected chi connectivity index (χ4v) is 3.23. The molecule has 8 heteroatoms. The second-order valence-electron chi connectivity index (χ2n) is 6.64. The average Bonchev–Trinajstić information content (AvgIpc) is 3.13. The Hall–Kier alpha value is -3.81. The van der Waals surface area contributed by atoms with E-state index in [0.29, 0.717) is 34.5 Å². The molecule has 0 amide bonds. The lowest BCUT2D eigenvalue weighted by Crippen LogP contribution is -2.15. The fraction of sp³-hybridized carbons (Fsp3) is 0.217. The number of nitrogens with zero attached hydrogens (tertiary/aromatic N) is 1. The maximum Gasteiger partial charge on any atom is 0.379 e. The van der Waals surface area contributed by atoms with Crippen LogP contribution in [0.4, 0.5) is 4.39 Å². The molecule has 3 rings (SSSR count). The van der Waals surface area contributed by atoms with Crippen LogP contribution < -0.4 is 9.47 Å². The fourth-order valence-electron chi connectivity index (χ4n) is 3.23. The third-order valence-electron chi connectivity index (χ3n) is 4.65. The van der Waals surface area contributed by atoms with Crippen LogP contribution in [0.5, 0.6) is 11.5 Å². The lowest BCUT2D eigenvalue weighted by Gasteiger charge is -2.11. The van der Waals surface area contributed by atoms with Gasteiger partial charge in [-0.15, -0.1) is 0 Å². The number of hydrogen-bond acceptors (Lipinski definition) is 6. The summed E-state index contributed by atoms with van der Waals surface area (Å²) in [6.07, 6.45) is 2.45. The highest BCUT2D eigenvalue weighted by Crippen LogP contribution is 2.37. The van der Waals surface area contributed by atoms with Gasteiger partial charge in [-0.05, 0) is 30.7 Å². The van der Waals surface area contributed by atoms with Crippen molar-refractivity contribution in [3.63, 3.8) is 0 Å². The summed E-state index contributed by atoms with van der Waals surface area (Å²) in [6.45, 7) is 1.97. The summed E-state index contributed by atoms with van der Waals surface area (Å²) < 4.78 is 30.6. The summed E-state index contributed by atoms with van der Waals surface area (Å²) in [6, 6.07) is 9.40. The quantitative estimate of drug-likeness (QED) is 0.254. The van der Waals surface area contributed by atoms with Gasteiger partial charge in [0.2, 0.25) is 0 Å². The minimum atomic E-state index is -1.06. The van der Waals surface area contributed by atoms with Gasteiger partial charge in [-0.1, -0.05) is 12.1 Å². The number of aliphatic hydroxyl groups is 1. The van der Waals surface area contributed by atoms with Gasteiger partial charge >= 0.3 is 5.97 Å². The zero-order valence-corrected chi connectivity index (χ0v) is 17.3. The number of aromatic nitrogens is 1. The zero-order chi connectivity index (χ0) is 22.5. The molecule has 1 heterocycles. The Morgan fingerprint density at radius 2 is 1.84 bits per heavy atom. The number of rotatable bonds is 8. The molecule has 0 unspecified atom stereocenters. The van der Waals surface area contributed by atoms with Gasteiger partial charge in [0.1, 0.15) is 23.1 Å². The van der Waals surface area contributed by atoms with Gasteiger partial charge in [-0.25, -0.2) is 9.18 Å². The van der Waals surface area contributed by atoms with E-state index in [-0.39, 0.29) is 12.4 Å². The summed E-state index contributed by atoms with van der Waals surface area (Å²) >= 11 is 0. The van der Waals surface area contributed by atoms with Crippen molar-refractivity contribution in [2.24, 2.45) is 0 Å². The first-order valence-corrected chi connectivity index (χ1v) is 9.49. The van der Waals surface area contributed by atoms with E-state index < -0.39 is 17.5 Å². The van der Waals surface area contributed by atoms with E-state index in [1.165, 1.54) is 26.4 Å². The number of ether oxygens (including phenoxy) is 3. The maximum absolute atomic E-state index is 13.3. The van der Waals surface area contributed by atoms with E-state index in [9.17, 15) is 19.1 Å². The molecule has 2 aromatic carbocycles. The van der Waals surface area contributed by atoms with Crippen LogP contribution in [0, 0.1) is 5.82 Å². The predicted octanol–water partition coefficient (Wildman–Crippen LogP) is 3.88. The van der Waals surface area contributed by atoms with E-state index >= 15 is 0 Å².